The molecule has 0 amide bonds. The van der Waals surface area contributed by atoms with Crippen LogP contribution >= 0.6 is 0 Å². The summed E-state index contributed by atoms with van der Waals surface area (Å²) in [6.45, 7) is 6.41. The van der Waals surface area contributed by atoms with E-state index in [-0.39, 0.29) is 0 Å². The summed E-state index contributed by atoms with van der Waals surface area (Å²) in [5, 5.41) is 0. The fourth-order valence-corrected chi connectivity index (χ4v) is 25.1. The Morgan fingerprint density at radius 2 is 0.723 bits per heavy atom. The Morgan fingerprint density at radius 3 is 1.00 bits per heavy atom. The highest BCUT2D eigenvalue weighted by Gasteiger charge is 2.50. The molecule has 47 heavy (non-hydrogen) atoms. The first-order valence-electron chi connectivity index (χ1n) is 17.9. The predicted octanol–water partition coefficient (Wildman–Crippen LogP) is 4.69. The van der Waals surface area contributed by atoms with Crippen molar-refractivity contribution in [2.75, 3.05) is 103 Å². The molecule has 278 valence electrons. The van der Waals surface area contributed by atoms with Gasteiger partial charge in [-0.3, -0.25) is 13.7 Å². The van der Waals surface area contributed by atoms with Crippen molar-refractivity contribution in [2.24, 2.45) is 0 Å². The molecule has 17 heteroatoms. The van der Waals surface area contributed by atoms with Gasteiger partial charge in [0.05, 0.1) is 8.07 Å². The van der Waals surface area contributed by atoms with Gasteiger partial charge in [0.1, 0.15) is 0 Å². The largest absolute Gasteiger partial charge is 0.500 e. The van der Waals surface area contributed by atoms with Gasteiger partial charge in [-0.05, 0) is 77.8 Å². The zero-order valence-electron chi connectivity index (χ0n) is 31.4. The van der Waals surface area contributed by atoms with Crippen molar-refractivity contribution in [2.45, 2.75) is 93.3 Å². The molecule has 0 atom stereocenters. The summed E-state index contributed by atoms with van der Waals surface area (Å²) in [4.78, 5) is 0. The van der Waals surface area contributed by atoms with Gasteiger partial charge in [-0.2, -0.15) is 0 Å². The number of hydrogen-bond acceptors (Lipinski definition) is 12. The first kappa shape index (κ1) is 42.0. The molecule has 0 aliphatic carbocycles. The quantitative estimate of drug-likeness (QED) is 0.121. The third-order valence-corrected chi connectivity index (χ3v) is 31.2. The zero-order chi connectivity index (χ0) is 34.4. The van der Waals surface area contributed by atoms with Crippen LogP contribution in [0.25, 0.3) is 0 Å². The number of rotatable bonds is 25. The summed E-state index contributed by atoms with van der Waals surface area (Å²) in [6, 6.07) is 9.18. The average molecular weight is 756 g/mol. The van der Waals surface area contributed by atoms with Crippen LogP contribution in [0.2, 0.25) is 48.4 Å². The van der Waals surface area contributed by atoms with E-state index in [1.54, 1.807) is 21.3 Å². The molecule has 3 fully saturated rings. The van der Waals surface area contributed by atoms with Gasteiger partial charge < -0.3 is 39.8 Å². The number of hydrogen-bond donors (Lipinski definition) is 0. The van der Waals surface area contributed by atoms with E-state index in [1.807, 2.05) is 42.7 Å². The minimum atomic E-state index is -2.65. The van der Waals surface area contributed by atoms with Gasteiger partial charge in [-0.25, -0.2) is 0 Å². The molecule has 0 unspecified atom stereocenters. The van der Waals surface area contributed by atoms with Gasteiger partial charge in [0.2, 0.25) is 0 Å². The molecule has 0 saturated carbocycles. The lowest BCUT2D eigenvalue weighted by Crippen LogP contribution is -2.54. The van der Waals surface area contributed by atoms with E-state index in [0.717, 1.165) is 89.1 Å². The van der Waals surface area contributed by atoms with Gasteiger partial charge in [-0.15, -0.1) is 0 Å². The molecule has 3 aliphatic heterocycles. The molecule has 0 aromatic carbocycles. The molecule has 3 saturated heterocycles. The van der Waals surface area contributed by atoms with Crippen LogP contribution in [0.1, 0.15) is 44.9 Å². The SMILES string of the molecule is CO[Si](CCC[Si](CCCN1CCC[Si]1(OC)OC)(CCCN1CCC[Si]1(OC)OC)CCCN1CCC[Si]1(OC)OC)(OC)OC. The first-order valence-corrected chi connectivity index (χ1v) is 28.6. The van der Waals surface area contributed by atoms with Crippen molar-refractivity contribution >= 4 is 43.0 Å². The van der Waals surface area contributed by atoms with Crippen LogP contribution in [0.4, 0.5) is 0 Å². The van der Waals surface area contributed by atoms with Crippen LogP contribution in [-0.4, -0.2) is 160 Å². The highest BCUT2D eigenvalue weighted by molar-refractivity contribution is 6.80. The van der Waals surface area contributed by atoms with Gasteiger partial charge in [-0.1, -0.05) is 30.6 Å². The third kappa shape index (κ3) is 10.1. The molecule has 0 N–H and O–H groups in total. The third-order valence-electron chi connectivity index (χ3n) is 11.6. The van der Waals surface area contributed by atoms with Crippen molar-refractivity contribution in [3.63, 3.8) is 0 Å². The van der Waals surface area contributed by atoms with Crippen molar-refractivity contribution in [3.8, 4) is 0 Å². The lowest BCUT2D eigenvalue weighted by molar-refractivity contribution is 0.123. The average Bonchev–Trinajstić information content (AvgIpc) is 3.84. The summed E-state index contributed by atoms with van der Waals surface area (Å²) < 4.78 is 61.7. The molecule has 0 bridgehead atoms. The van der Waals surface area contributed by atoms with E-state index in [1.165, 1.54) is 43.4 Å². The van der Waals surface area contributed by atoms with Crippen molar-refractivity contribution in [1.82, 2.24) is 13.7 Å². The molecule has 3 rings (SSSR count). The standard InChI is InChI=1S/C30H69N3O9Si5/c1-34-44(35-2)27-13-20-31(44)17-10-23-43(26-16-30-47(40-7,41-8)42-9,24-11-18-32-21-14-28-45(32,36-3)37-4)25-12-19-33-22-15-29-46(33,38-5)39-6/h10-30H2,1-9H3. The van der Waals surface area contributed by atoms with Crippen molar-refractivity contribution < 1.29 is 39.8 Å². The predicted molar refractivity (Wildman–Crippen MR) is 197 cm³/mol. The van der Waals surface area contributed by atoms with Crippen LogP contribution in [0.3, 0.4) is 0 Å². The molecule has 0 aromatic rings. The smallest absolute Gasteiger partial charge is 0.386 e. The van der Waals surface area contributed by atoms with Crippen LogP contribution in [0.15, 0.2) is 0 Å². The Hall–Kier alpha value is 0.604. The van der Waals surface area contributed by atoms with Crippen LogP contribution in [0.5, 0.6) is 0 Å². The Labute approximate surface area is 292 Å². The molecule has 0 radical (unpaired) electrons. The molecule has 12 nitrogen and oxygen atoms in total. The normalized spacial score (nSPS) is 22.1. The van der Waals surface area contributed by atoms with E-state index < -0.39 is 43.0 Å². The monoisotopic (exact) mass is 755 g/mol. The van der Waals surface area contributed by atoms with E-state index in [2.05, 4.69) is 13.7 Å². The Morgan fingerprint density at radius 1 is 0.426 bits per heavy atom. The van der Waals surface area contributed by atoms with Crippen LogP contribution < -0.4 is 0 Å². The molecule has 0 aromatic heterocycles. The van der Waals surface area contributed by atoms with Crippen molar-refractivity contribution in [3.05, 3.63) is 0 Å². The fraction of sp³-hybridized carbons (Fsp3) is 1.00. The van der Waals surface area contributed by atoms with Gasteiger partial charge >= 0.3 is 35.0 Å². The summed E-state index contributed by atoms with van der Waals surface area (Å²) >= 11 is 0. The van der Waals surface area contributed by atoms with Crippen LogP contribution in [0, 0.1) is 0 Å². The van der Waals surface area contributed by atoms with Gasteiger partial charge in [0.25, 0.3) is 0 Å². The van der Waals surface area contributed by atoms with E-state index in [0.29, 0.717) is 0 Å². The Balaban J connectivity index is 1.81. The molecular formula is C30H69N3O9Si5. The molecular weight excluding hydrogens is 687 g/mol. The summed E-state index contributed by atoms with van der Waals surface area (Å²) in [6.07, 6.45) is 8.12. The second kappa shape index (κ2) is 20.0. The summed E-state index contributed by atoms with van der Waals surface area (Å²) in [5.74, 6) is 0. The zero-order valence-corrected chi connectivity index (χ0v) is 36.4. The summed E-state index contributed by atoms with van der Waals surface area (Å²) in [5.41, 5.74) is 0. The lowest BCUT2D eigenvalue weighted by atomic mass is 10.4. The van der Waals surface area contributed by atoms with Crippen molar-refractivity contribution in [1.29, 1.82) is 0 Å². The summed E-state index contributed by atoms with van der Waals surface area (Å²) in [7, 11) is 5.04. The highest BCUT2D eigenvalue weighted by atomic mass is 28.4. The molecule has 0 spiro atoms. The first-order chi connectivity index (χ1) is 22.7. The second-order valence-electron chi connectivity index (χ2n) is 13.6. The van der Waals surface area contributed by atoms with E-state index in [4.69, 9.17) is 39.8 Å². The molecule has 3 heterocycles. The van der Waals surface area contributed by atoms with E-state index in [9.17, 15) is 0 Å². The van der Waals surface area contributed by atoms with Gasteiger partial charge in [0.15, 0.2) is 0 Å². The maximum Gasteiger partial charge on any atom is 0.500 e. The molecule has 3 aliphatic rings. The lowest BCUT2D eigenvalue weighted by Gasteiger charge is -2.38. The fourth-order valence-electron chi connectivity index (χ4n) is 8.87. The van der Waals surface area contributed by atoms with Crippen LogP contribution in [-0.2, 0) is 39.8 Å². The maximum atomic E-state index is 6.07. The van der Waals surface area contributed by atoms with E-state index >= 15 is 0 Å². The Bertz CT molecular complexity index is 789. The highest BCUT2D eigenvalue weighted by Crippen LogP contribution is 2.37. The number of nitrogens with zero attached hydrogens (tertiary/aromatic N) is 3. The van der Waals surface area contributed by atoms with Gasteiger partial charge in [0, 0.05) is 88.2 Å². The minimum absolute atomic E-state index is 0.853. The topological polar surface area (TPSA) is 92.8 Å². The maximum absolute atomic E-state index is 6.07. The second-order valence-corrected chi connectivity index (χ2v) is 31.8. The Kier molecular flexibility index (Phi) is 17.9. The minimum Gasteiger partial charge on any atom is -0.386 e.